The molecule has 61 heavy (non-hydrogen) atoms. The molecule has 2 saturated carbocycles. The molecule has 2 fully saturated rings. The quantitative estimate of drug-likeness (QED) is 0.0327. The summed E-state index contributed by atoms with van der Waals surface area (Å²) in [5.41, 5.74) is 6.58. The van der Waals surface area contributed by atoms with Crippen molar-refractivity contribution in [3.8, 4) is 0 Å². The SMILES string of the molecule is C=C1CC[C@@H]2C(C)(C)CC(/C=C(/C)OP(=O)(O)OP(=O)(O)OC/C=C(\C)CC/C=C(\C)CC/C=C(\C)CCC=C(C)C)CC2(C)[C@@H]1CC/C(C)=C/COP(=O)(O)OP(=O)(O)O. The third-order valence-electron chi connectivity index (χ3n) is 11.7. The Kier molecular flexibility index (Phi) is 22.1. The first-order chi connectivity index (χ1) is 27.9. The molecule has 0 aromatic carbocycles. The molecule has 0 saturated heterocycles. The van der Waals surface area contributed by atoms with Crippen LogP contribution < -0.4 is 0 Å². The van der Waals surface area contributed by atoms with E-state index in [1.54, 1.807) is 18.2 Å². The Hall–Kier alpha value is -1.46. The normalized spacial score (nSPS) is 26.2. The van der Waals surface area contributed by atoms with Crippen molar-refractivity contribution in [3.05, 3.63) is 82.2 Å². The van der Waals surface area contributed by atoms with Crippen LogP contribution in [-0.4, -0.2) is 37.7 Å². The zero-order chi connectivity index (χ0) is 46.5. The van der Waals surface area contributed by atoms with Crippen LogP contribution in [0.25, 0.3) is 0 Å². The largest absolute Gasteiger partial charge is 0.536 e. The Morgan fingerprint density at radius 3 is 1.66 bits per heavy atom. The van der Waals surface area contributed by atoms with Gasteiger partial charge in [-0.1, -0.05) is 91.2 Å². The van der Waals surface area contributed by atoms with Crippen LogP contribution >= 0.6 is 31.3 Å². The lowest BCUT2D eigenvalue weighted by molar-refractivity contribution is -0.0700. The van der Waals surface area contributed by atoms with Crippen molar-refractivity contribution in [1.29, 1.82) is 0 Å². The lowest BCUT2D eigenvalue weighted by Gasteiger charge is -2.59. The molecule has 0 aromatic rings. The fourth-order valence-electron chi connectivity index (χ4n) is 9.10. The van der Waals surface area contributed by atoms with Crippen LogP contribution in [0.4, 0.5) is 0 Å². The fraction of sp³-hybridized carbons (Fsp3) is 0.674. The highest BCUT2D eigenvalue weighted by atomic mass is 31.3. The molecular formula is C43H74O14P4. The first-order valence-electron chi connectivity index (χ1n) is 21.0. The second-order valence-electron chi connectivity index (χ2n) is 18.1. The molecule has 350 valence electrons. The fourth-order valence-corrected chi connectivity index (χ4v) is 12.7. The summed E-state index contributed by atoms with van der Waals surface area (Å²) in [6.45, 7) is 24.2. The van der Waals surface area contributed by atoms with E-state index in [-0.39, 0.29) is 41.6 Å². The Morgan fingerprint density at radius 1 is 0.672 bits per heavy atom. The molecule has 5 unspecified atom stereocenters. The van der Waals surface area contributed by atoms with Crippen molar-refractivity contribution in [1.82, 2.24) is 0 Å². The van der Waals surface area contributed by atoms with Gasteiger partial charge in [-0.3, -0.25) is 13.9 Å². The van der Waals surface area contributed by atoms with Crippen molar-refractivity contribution >= 4 is 31.3 Å². The average Bonchev–Trinajstić information content (AvgIpc) is 3.04. The van der Waals surface area contributed by atoms with Gasteiger partial charge in [-0.05, 0) is 160 Å². The topological polar surface area (TPSA) is 216 Å². The van der Waals surface area contributed by atoms with Crippen LogP contribution in [0.3, 0.4) is 0 Å². The molecule has 2 aliphatic rings. The Morgan fingerprint density at radius 2 is 1.15 bits per heavy atom. The maximum atomic E-state index is 13.0. The van der Waals surface area contributed by atoms with Gasteiger partial charge in [-0.25, -0.2) is 18.3 Å². The van der Waals surface area contributed by atoms with E-state index in [0.29, 0.717) is 12.3 Å². The molecule has 7 atom stereocenters. The summed E-state index contributed by atoms with van der Waals surface area (Å²) < 4.78 is 71.9. The van der Waals surface area contributed by atoms with E-state index in [2.05, 4.69) is 81.9 Å². The van der Waals surface area contributed by atoms with E-state index in [9.17, 15) is 32.9 Å². The molecule has 0 amide bonds. The van der Waals surface area contributed by atoms with Crippen LogP contribution in [0.2, 0.25) is 0 Å². The van der Waals surface area contributed by atoms with Crippen molar-refractivity contribution < 1.29 is 64.9 Å². The predicted octanol–water partition coefficient (Wildman–Crippen LogP) is 13.3. The smallest absolute Gasteiger partial charge is 0.409 e. The van der Waals surface area contributed by atoms with E-state index >= 15 is 0 Å². The Bertz CT molecular complexity index is 1880. The van der Waals surface area contributed by atoms with Gasteiger partial charge in [0, 0.05) is 0 Å². The molecule has 0 aliphatic heterocycles. The number of phosphoric acid groups is 4. The van der Waals surface area contributed by atoms with Crippen molar-refractivity contribution in [2.45, 2.75) is 146 Å². The molecule has 0 aromatic heterocycles. The van der Waals surface area contributed by atoms with Crippen LogP contribution in [-0.2, 0) is 40.5 Å². The maximum absolute atomic E-state index is 13.0. The lowest BCUT2D eigenvalue weighted by Crippen LogP contribution is -2.51. The van der Waals surface area contributed by atoms with Gasteiger partial charge < -0.3 is 24.1 Å². The van der Waals surface area contributed by atoms with Gasteiger partial charge in [0.1, 0.15) is 5.76 Å². The summed E-state index contributed by atoms with van der Waals surface area (Å²) in [7, 11) is -20.2. The van der Waals surface area contributed by atoms with Gasteiger partial charge in [0.05, 0.1) is 13.2 Å². The van der Waals surface area contributed by atoms with Crippen LogP contribution in [0.15, 0.2) is 82.2 Å². The monoisotopic (exact) mass is 938 g/mol. The molecule has 0 spiro atoms. The number of rotatable bonds is 25. The number of allylic oxidation sites excluding steroid dienone is 11. The lowest BCUT2D eigenvalue weighted by atomic mass is 9.45. The number of hydrogen-bond acceptors (Lipinski definition) is 9. The van der Waals surface area contributed by atoms with E-state index in [1.807, 2.05) is 13.8 Å². The maximum Gasteiger partial charge on any atom is 0.536 e. The molecular weight excluding hydrogens is 864 g/mol. The second kappa shape index (κ2) is 24.2. The van der Waals surface area contributed by atoms with E-state index in [0.717, 1.165) is 87.3 Å². The highest BCUT2D eigenvalue weighted by molar-refractivity contribution is 7.61. The zero-order valence-electron chi connectivity index (χ0n) is 38.0. The summed E-state index contributed by atoms with van der Waals surface area (Å²) in [6.07, 6.45) is 22.0. The van der Waals surface area contributed by atoms with Crippen molar-refractivity contribution in [2.75, 3.05) is 13.2 Å². The van der Waals surface area contributed by atoms with Gasteiger partial charge in [0.15, 0.2) is 0 Å². The van der Waals surface area contributed by atoms with E-state index in [1.165, 1.54) is 23.6 Å². The number of hydrogen-bond donors (Lipinski definition) is 5. The van der Waals surface area contributed by atoms with Gasteiger partial charge in [-0.15, -0.1) is 0 Å². The highest BCUT2D eigenvalue weighted by Gasteiger charge is 2.54. The third-order valence-corrected chi connectivity index (χ3v) is 16.5. The minimum Gasteiger partial charge on any atom is -0.409 e. The minimum atomic E-state index is -5.22. The molecule has 14 nitrogen and oxygen atoms in total. The predicted molar refractivity (Wildman–Crippen MR) is 242 cm³/mol. The molecule has 0 radical (unpaired) electrons. The van der Waals surface area contributed by atoms with Gasteiger partial charge in [0.25, 0.3) is 0 Å². The second-order valence-corrected chi connectivity index (χ2v) is 23.9. The summed E-state index contributed by atoms with van der Waals surface area (Å²) in [4.78, 5) is 48.0. The van der Waals surface area contributed by atoms with Crippen LogP contribution in [0.5, 0.6) is 0 Å². The summed E-state index contributed by atoms with van der Waals surface area (Å²) in [5, 5.41) is 0. The molecule has 0 bridgehead atoms. The average molecular weight is 939 g/mol. The molecule has 18 heteroatoms. The van der Waals surface area contributed by atoms with E-state index in [4.69, 9.17) is 23.4 Å². The van der Waals surface area contributed by atoms with Crippen LogP contribution in [0, 0.1) is 28.6 Å². The standard InChI is InChI=1S/C43H74O14P4/c1-32(2)15-12-16-33(3)17-13-18-34(4)19-14-20-35(5)25-27-54-60(49,50)57-61(51,52)55-38(8)29-39-30-42(9,10)41-24-22-37(7)40(43(41,11)31-39)23-21-36(6)26-28-53-59(47,48)56-58(44,45)46/h15,17,19,25-26,29,39-41H,7,12-14,16,18,20-24,27-28,30-31H2,1-6,8-11H3,(H,47,48)(H,49,50)(H,51,52)(H2,44,45,46)/b33-17+,34-19+,35-25+,36-26+,38-29-/t39?,40-,41-,43?/m1/s1. The summed E-state index contributed by atoms with van der Waals surface area (Å²) >= 11 is 0. The van der Waals surface area contributed by atoms with Gasteiger partial charge >= 0.3 is 31.3 Å². The number of fused-ring (bicyclic) bond motifs is 1. The first-order valence-corrected chi connectivity index (χ1v) is 27.0. The third kappa shape index (κ3) is 21.4. The summed E-state index contributed by atoms with van der Waals surface area (Å²) in [5.74, 6) is 0.440. The Labute approximate surface area is 365 Å². The Balaban J connectivity index is 1.98. The molecule has 5 N–H and O–H groups in total. The zero-order valence-corrected chi connectivity index (χ0v) is 41.6. The van der Waals surface area contributed by atoms with E-state index < -0.39 is 31.3 Å². The van der Waals surface area contributed by atoms with Gasteiger partial charge in [0.2, 0.25) is 0 Å². The van der Waals surface area contributed by atoms with Gasteiger partial charge in [-0.2, -0.15) is 8.62 Å². The van der Waals surface area contributed by atoms with Crippen LogP contribution in [0.1, 0.15) is 146 Å². The molecule has 0 heterocycles. The minimum absolute atomic E-state index is 0.0741. The highest BCUT2D eigenvalue weighted by Crippen LogP contribution is 2.65. The number of phosphoric ester groups is 3. The summed E-state index contributed by atoms with van der Waals surface area (Å²) in [6, 6.07) is 0. The molecule has 2 rings (SSSR count). The molecule has 2 aliphatic carbocycles. The first kappa shape index (κ1) is 55.7. The van der Waals surface area contributed by atoms with Crippen molar-refractivity contribution in [2.24, 2.45) is 28.6 Å². The van der Waals surface area contributed by atoms with Crippen molar-refractivity contribution in [3.63, 3.8) is 0 Å².